The van der Waals surface area contributed by atoms with Gasteiger partial charge in [0, 0.05) is 45.1 Å². The maximum atomic E-state index is 11.6. The molecule has 1 heterocycles. The average Bonchev–Trinajstić information content (AvgIpc) is 2.94. The number of aryl methyl sites for hydroxylation is 2. The van der Waals surface area contributed by atoms with E-state index in [1.54, 1.807) is 0 Å². The van der Waals surface area contributed by atoms with E-state index in [0.29, 0.717) is 13.1 Å². The van der Waals surface area contributed by atoms with Gasteiger partial charge in [-0.1, -0.05) is 0 Å². The highest BCUT2D eigenvalue weighted by molar-refractivity contribution is 5.79. The van der Waals surface area contributed by atoms with Crippen molar-refractivity contribution in [1.29, 1.82) is 0 Å². The number of alkyl carbamates (subject to hydrolysis) is 1. The van der Waals surface area contributed by atoms with E-state index in [-0.39, 0.29) is 0 Å². The summed E-state index contributed by atoms with van der Waals surface area (Å²) in [5.74, 6) is 1.80. The summed E-state index contributed by atoms with van der Waals surface area (Å²) in [6, 6.07) is 0. The Morgan fingerprint density at radius 2 is 1.96 bits per heavy atom. The highest BCUT2D eigenvalue weighted by Gasteiger charge is 2.15. The van der Waals surface area contributed by atoms with Gasteiger partial charge in [-0.25, -0.2) is 9.78 Å². The first-order chi connectivity index (χ1) is 12.3. The van der Waals surface area contributed by atoms with Gasteiger partial charge in [0.05, 0.1) is 0 Å². The molecule has 0 radical (unpaired) electrons. The molecule has 0 aliphatic heterocycles. The van der Waals surface area contributed by atoms with E-state index in [1.165, 1.54) is 0 Å². The fourth-order valence-electron chi connectivity index (χ4n) is 2.23. The molecule has 8 nitrogen and oxygen atoms in total. The Morgan fingerprint density at radius 3 is 2.58 bits per heavy atom. The van der Waals surface area contributed by atoms with Crippen LogP contribution in [0.25, 0.3) is 0 Å². The van der Waals surface area contributed by atoms with E-state index in [9.17, 15) is 4.79 Å². The van der Waals surface area contributed by atoms with Crippen molar-refractivity contribution < 1.29 is 9.53 Å². The number of aliphatic imine (C=N–C) groups is 1. The van der Waals surface area contributed by atoms with Crippen molar-refractivity contribution in [2.45, 2.75) is 59.6 Å². The number of aromatic nitrogens is 2. The minimum Gasteiger partial charge on any atom is -0.444 e. The Labute approximate surface area is 156 Å². The lowest BCUT2D eigenvalue weighted by Gasteiger charge is -2.19. The maximum absolute atomic E-state index is 11.6. The van der Waals surface area contributed by atoms with Crippen molar-refractivity contribution in [3.8, 4) is 0 Å². The first-order valence-electron chi connectivity index (χ1n) is 9.28. The van der Waals surface area contributed by atoms with Crippen molar-refractivity contribution in [2.75, 3.05) is 26.2 Å². The standard InChI is InChI=1S/C18H34N6O2/c1-6-19-16(22-10-11-23-17(25)26-18(3,4)5)21-9-7-8-13-24-14-12-20-15(24)2/h12,14H,6-11,13H2,1-5H3,(H,23,25)(H2,19,21,22). The van der Waals surface area contributed by atoms with Crippen molar-refractivity contribution in [3.05, 3.63) is 18.2 Å². The van der Waals surface area contributed by atoms with Crippen molar-refractivity contribution >= 4 is 12.1 Å². The molecule has 0 saturated heterocycles. The van der Waals surface area contributed by atoms with E-state index in [2.05, 4.69) is 30.5 Å². The van der Waals surface area contributed by atoms with Gasteiger partial charge >= 0.3 is 6.09 Å². The van der Waals surface area contributed by atoms with Crippen LogP contribution in [0.4, 0.5) is 4.79 Å². The predicted molar refractivity (Wildman–Crippen MR) is 104 cm³/mol. The molecule has 0 fully saturated rings. The van der Waals surface area contributed by atoms with Gasteiger partial charge in [-0.2, -0.15) is 0 Å². The van der Waals surface area contributed by atoms with Crippen molar-refractivity contribution in [1.82, 2.24) is 25.5 Å². The Morgan fingerprint density at radius 1 is 1.23 bits per heavy atom. The number of imidazole rings is 1. The van der Waals surface area contributed by atoms with Gasteiger partial charge < -0.3 is 25.3 Å². The van der Waals surface area contributed by atoms with Crippen LogP contribution in [0.15, 0.2) is 17.4 Å². The monoisotopic (exact) mass is 366 g/mol. The second-order valence-corrected chi connectivity index (χ2v) is 6.99. The second kappa shape index (κ2) is 11.4. The van der Waals surface area contributed by atoms with Crippen LogP contribution in [0, 0.1) is 6.92 Å². The van der Waals surface area contributed by atoms with E-state index in [4.69, 9.17) is 4.74 Å². The summed E-state index contributed by atoms with van der Waals surface area (Å²) in [6.45, 7) is 13.1. The van der Waals surface area contributed by atoms with Crippen molar-refractivity contribution in [3.63, 3.8) is 0 Å². The summed E-state index contributed by atoms with van der Waals surface area (Å²) < 4.78 is 7.34. The van der Waals surface area contributed by atoms with Gasteiger partial charge in [-0.15, -0.1) is 0 Å². The minimum absolute atomic E-state index is 0.406. The lowest BCUT2D eigenvalue weighted by Crippen LogP contribution is -2.42. The van der Waals surface area contributed by atoms with Gasteiger partial charge in [0.25, 0.3) is 0 Å². The molecular weight excluding hydrogens is 332 g/mol. The molecule has 8 heteroatoms. The van der Waals surface area contributed by atoms with Crippen LogP contribution in [-0.4, -0.2) is 53.4 Å². The number of nitrogens with one attached hydrogen (secondary N) is 3. The first kappa shape index (κ1) is 21.8. The SMILES string of the molecule is CCNC(=NCCCCn1ccnc1C)NCCNC(=O)OC(C)(C)C. The third-order valence-corrected chi connectivity index (χ3v) is 3.43. The molecule has 1 aromatic heterocycles. The molecule has 0 aliphatic carbocycles. The molecule has 0 spiro atoms. The predicted octanol–water partition coefficient (Wildman–Crippen LogP) is 2.05. The molecule has 148 valence electrons. The van der Waals surface area contributed by atoms with Crippen molar-refractivity contribution in [2.24, 2.45) is 4.99 Å². The Hall–Kier alpha value is -2.25. The zero-order valence-electron chi connectivity index (χ0n) is 16.8. The van der Waals surface area contributed by atoms with Gasteiger partial charge in [0.2, 0.25) is 0 Å². The van der Waals surface area contributed by atoms with Gasteiger partial charge in [0.1, 0.15) is 11.4 Å². The van der Waals surface area contributed by atoms with Crippen LogP contribution in [-0.2, 0) is 11.3 Å². The molecule has 0 atom stereocenters. The molecule has 0 aromatic carbocycles. The Kier molecular flexibility index (Phi) is 9.54. The number of ether oxygens (including phenoxy) is 1. The summed E-state index contributed by atoms with van der Waals surface area (Å²) in [5.41, 5.74) is -0.483. The number of nitrogens with zero attached hydrogens (tertiary/aromatic N) is 3. The van der Waals surface area contributed by atoms with Gasteiger partial charge in [-0.3, -0.25) is 4.99 Å². The lowest BCUT2D eigenvalue weighted by molar-refractivity contribution is 0.0529. The molecule has 0 unspecified atom stereocenters. The molecule has 1 rings (SSSR count). The summed E-state index contributed by atoms with van der Waals surface area (Å²) >= 11 is 0. The smallest absolute Gasteiger partial charge is 0.407 e. The average molecular weight is 367 g/mol. The topological polar surface area (TPSA) is 92.6 Å². The van der Waals surface area contributed by atoms with E-state index in [1.807, 2.05) is 47.0 Å². The molecule has 0 aliphatic rings. The fourth-order valence-corrected chi connectivity index (χ4v) is 2.23. The zero-order chi connectivity index (χ0) is 19.4. The Balaban J connectivity index is 2.22. The van der Waals surface area contributed by atoms with Crippen LogP contribution in [0.2, 0.25) is 0 Å². The summed E-state index contributed by atoms with van der Waals surface area (Å²) in [7, 11) is 0. The van der Waals surface area contributed by atoms with Gasteiger partial charge in [-0.05, 0) is 47.5 Å². The number of unbranched alkanes of at least 4 members (excludes halogenated alkanes) is 1. The molecule has 1 aromatic rings. The normalized spacial score (nSPS) is 12.0. The van der Waals surface area contributed by atoms with Gasteiger partial charge in [0.15, 0.2) is 5.96 Å². The number of guanidine groups is 1. The molecule has 0 bridgehead atoms. The van der Waals surface area contributed by atoms with E-state index >= 15 is 0 Å². The number of carbonyl (C=O) groups excluding carboxylic acids is 1. The number of carbonyl (C=O) groups is 1. The number of amides is 1. The fraction of sp³-hybridized carbons (Fsp3) is 0.722. The lowest BCUT2D eigenvalue weighted by atomic mass is 10.2. The molecule has 0 saturated carbocycles. The van der Waals surface area contributed by atoms with Crippen LogP contribution < -0.4 is 16.0 Å². The summed E-state index contributed by atoms with van der Waals surface area (Å²) in [5, 5.41) is 9.13. The van der Waals surface area contributed by atoms with Crippen LogP contribution >= 0.6 is 0 Å². The molecular formula is C18H34N6O2. The zero-order valence-corrected chi connectivity index (χ0v) is 16.8. The Bertz CT molecular complexity index is 562. The first-order valence-corrected chi connectivity index (χ1v) is 9.28. The second-order valence-electron chi connectivity index (χ2n) is 6.99. The third kappa shape index (κ3) is 9.90. The molecule has 3 N–H and O–H groups in total. The quantitative estimate of drug-likeness (QED) is 0.353. The highest BCUT2D eigenvalue weighted by atomic mass is 16.6. The van der Waals surface area contributed by atoms with Crippen LogP contribution in [0.1, 0.15) is 46.4 Å². The van der Waals surface area contributed by atoms with Crippen LogP contribution in [0.3, 0.4) is 0 Å². The maximum Gasteiger partial charge on any atom is 0.407 e. The number of hydrogen-bond donors (Lipinski definition) is 3. The molecule has 26 heavy (non-hydrogen) atoms. The minimum atomic E-state index is -0.483. The third-order valence-electron chi connectivity index (χ3n) is 3.43. The molecule has 1 amide bonds. The van der Waals surface area contributed by atoms with E-state index in [0.717, 1.165) is 44.3 Å². The number of rotatable bonds is 9. The summed E-state index contributed by atoms with van der Waals surface area (Å²) in [6.07, 6.45) is 5.48. The highest BCUT2D eigenvalue weighted by Crippen LogP contribution is 2.06. The number of hydrogen-bond acceptors (Lipinski definition) is 4. The largest absolute Gasteiger partial charge is 0.444 e. The van der Waals surface area contributed by atoms with E-state index < -0.39 is 11.7 Å². The summed E-state index contributed by atoms with van der Waals surface area (Å²) in [4.78, 5) is 20.4. The van der Waals surface area contributed by atoms with Crippen LogP contribution in [0.5, 0.6) is 0 Å².